The van der Waals surface area contributed by atoms with E-state index in [2.05, 4.69) is 25.7 Å². The molecule has 0 saturated heterocycles. The molecule has 3 N–H and O–H groups in total. The molecule has 0 aliphatic heterocycles. The highest BCUT2D eigenvalue weighted by atomic mass is 16.5. The Balaban J connectivity index is 1.68. The molecule has 2 amide bonds. The molecule has 0 aliphatic rings. The zero-order valence-electron chi connectivity index (χ0n) is 19.2. The van der Waals surface area contributed by atoms with E-state index >= 15 is 0 Å². The van der Waals surface area contributed by atoms with E-state index in [0.717, 1.165) is 5.56 Å². The Kier molecular flexibility index (Phi) is 6.30. The van der Waals surface area contributed by atoms with E-state index in [1.165, 1.54) is 18.9 Å². The summed E-state index contributed by atoms with van der Waals surface area (Å²) in [4.78, 5) is 32.3. The molecule has 174 valence electrons. The Morgan fingerprint density at radius 1 is 0.971 bits per heavy atom. The van der Waals surface area contributed by atoms with Crippen LogP contribution in [-0.2, 0) is 0 Å². The molecule has 0 spiro atoms. The van der Waals surface area contributed by atoms with E-state index in [1.807, 2.05) is 30.3 Å². The second-order valence-corrected chi connectivity index (χ2v) is 7.44. The van der Waals surface area contributed by atoms with Crippen molar-refractivity contribution in [3.8, 4) is 28.7 Å². The van der Waals surface area contributed by atoms with Crippen LogP contribution in [0.1, 0.15) is 11.3 Å². The van der Waals surface area contributed by atoms with Crippen LogP contribution in [0.15, 0.2) is 59.4 Å². The maximum atomic E-state index is 12.8. The molecule has 34 heavy (non-hydrogen) atoms. The lowest BCUT2D eigenvalue weighted by Gasteiger charge is -2.12. The number of amides is 2. The minimum absolute atomic E-state index is 0.191. The predicted molar refractivity (Wildman–Crippen MR) is 129 cm³/mol. The number of carbonyl (C=O) groups is 1. The van der Waals surface area contributed by atoms with Crippen LogP contribution in [0.25, 0.3) is 17.2 Å². The molecule has 0 atom stereocenters. The predicted octanol–water partition coefficient (Wildman–Crippen LogP) is 3.90. The van der Waals surface area contributed by atoms with Crippen LogP contribution in [0.4, 0.5) is 16.3 Å². The van der Waals surface area contributed by atoms with E-state index in [9.17, 15) is 9.59 Å². The van der Waals surface area contributed by atoms with Gasteiger partial charge in [0.1, 0.15) is 5.82 Å². The number of methoxy groups -OCH3 is 2. The Bertz CT molecular complexity index is 1390. The van der Waals surface area contributed by atoms with Gasteiger partial charge in [0.15, 0.2) is 11.5 Å². The van der Waals surface area contributed by atoms with Gasteiger partial charge in [0.2, 0.25) is 5.95 Å². The Morgan fingerprint density at radius 2 is 1.71 bits per heavy atom. The average Bonchev–Trinajstić information content (AvgIpc) is 3.26. The average molecular weight is 460 g/mol. The molecule has 0 saturated carbocycles. The highest BCUT2D eigenvalue weighted by Crippen LogP contribution is 2.30. The number of hydrogen-bond donors (Lipinski definition) is 3. The maximum Gasteiger partial charge on any atom is 0.324 e. The van der Waals surface area contributed by atoms with Crippen molar-refractivity contribution in [1.82, 2.24) is 19.7 Å². The van der Waals surface area contributed by atoms with Crippen LogP contribution < -0.4 is 25.7 Å². The van der Waals surface area contributed by atoms with Crippen molar-refractivity contribution in [2.45, 2.75) is 13.8 Å². The molecule has 0 aliphatic carbocycles. The monoisotopic (exact) mass is 460 g/mol. The maximum absolute atomic E-state index is 12.8. The molecule has 2 aromatic heterocycles. The van der Waals surface area contributed by atoms with Gasteiger partial charge < -0.3 is 14.8 Å². The van der Waals surface area contributed by atoms with Gasteiger partial charge in [-0.05, 0) is 26.0 Å². The lowest BCUT2D eigenvalue weighted by atomic mass is 10.2. The number of carbonyl (C=O) groups excluding carboxylic acids is 1. The number of anilines is 2. The van der Waals surface area contributed by atoms with Crippen LogP contribution in [0.5, 0.6) is 11.5 Å². The summed E-state index contributed by atoms with van der Waals surface area (Å²) in [5.74, 6) is 1.54. The molecule has 2 heterocycles. The first-order valence-electron chi connectivity index (χ1n) is 10.4. The third-order valence-corrected chi connectivity index (χ3v) is 5.24. The molecule has 2 aromatic carbocycles. The molecule has 10 nitrogen and oxygen atoms in total. The molecular formula is C24H24N6O4. The first-order valence-corrected chi connectivity index (χ1v) is 10.4. The van der Waals surface area contributed by atoms with E-state index in [-0.39, 0.29) is 11.5 Å². The lowest BCUT2D eigenvalue weighted by molar-refractivity contribution is 0.262. The van der Waals surface area contributed by atoms with Crippen molar-refractivity contribution < 1.29 is 14.3 Å². The molecule has 4 aromatic rings. The largest absolute Gasteiger partial charge is 0.493 e. The summed E-state index contributed by atoms with van der Waals surface area (Å²) in [6.07, 6.45) is 0. The van der Waals surface area contributed by atoms with Crippen LogP contribution >= 0.6 is 0 Å². The zero-order chi connectivity index (χ0) is 24.2. The van der Waals surface area contributed by atoms with Crippen molar-refractivity contribution in [2.24, 2.45) is 0 Å². The molecule has 0 fully saturated rings. The van der Waals surface area contributed by atoms with Gasteiger partial charge in [-0.3, -0.25) is 15.1 Å². The van der Waals surface area contributed by atoms with Crippen molar-refractivity contribution in [2.75, 3.05) is 24.9 Å². The van der Waals surface area contributed by atoms with Gasteiger partial charge in [-0.1, -0.05) is 30.3 Å². The number of rotatable bonds is 6. The number of H-pyrrole nitrogens is 1. The van der Waals surface area contributed by atoms with E-state index in [4.69, 9.17) is 9.47 Å². The summed E-state index contributed by atoms with van der Waals surface area (Å²) in [5, 5.41) is 10.1. The first-order chi connectivity index (χ1) is 16.4. The standard InChI is InChI=1S/C24H24N6O4/c1-14-15(2)25-23(28-22(14)31)30-21(13-18(29-30)16-8-6-5-7-9-16)27-24(32)26-17-10-11-19(33-3)20(12-17)34-4/h5-13H,1-4H3,(H,25,28,31)(H2,26,27,32). The van der Waals surface area contributed by atoms with Gasteiger partial charge in [-0.25, -0.2) is 9.78 Å². The quantitative estimate of drug-likeness (QED) is 0.401. The van der Waals surface area contributed by atoms with Crippen LogP contribution in [0.2, 0.25) is 0 Å². The molecule has 0 bridgehead atoms. The van der Waals surface area contributed by atoms with E-state index in [1.54, 1.807) is 38.1 Å². The van der Waals surface area contributed by atoms with Gasteiger partial charge >= 0.3 is 6.03 Å². The van der Waals surface area contributed by atoms with E-state index in [0.29, 0.717) is 40.0 Å². The highest BCUT2D eigenvalue weighted by Gasteiger charge is 2.17. The van der Waals surface area contributed by atoms with Gasteiger partial charge in [0.05, 0.1) is 19.9 Å². The first kappa shape index (κ1) is 22.6. The normalized spacial score (nSPS) is 10.6. The van der Waals surface area contributed by atoms with Crippen molar-refractivity contribution in [3.05, 3.63) is 76.2 Å². The fraction of sp³-hybridized carbons (Fsp3) is 0.167. The Hall–Kier alpha value is -4.60. The van der Waals surface area contributed by atoms with E-state index < -0.39 is 6.03 Å². The van der Waals surface area contributed by atoms with Gasteiger partial charge in [0.25, 0.3) is 5.56 Å². The summed E-state index contributed by atoms with van der Waals surface area (Å²) >= 11 is 0. The fourth-order valence-corrected chi connectivity index (χ4v) is 3.30. The van der Waals surface area contributed by atoms with Crippen molar-refractivity contribution in [1.29, 1.82) is 0 Å². The summed E-state index contributed by atoms with van der Waals surface area (Å²) in [6.45, 7) is 3.44. The zero-order valence-corrected chi connectivity index (χ0v) is 19.2. The Morgan fingerprint density at radius 3 is 2.38 bits per heavy atom. The third-order valence-electron chi connectivity index (χ3n) is 5.24. The van der Waals surface area contributed by atoms with Crippen LogP contribution in [-0.4, -0.2) is 40.0 Å². The molecule has 0 unspecified atom stereocenters. The van der Waals surface area contributed by atoms with Crippen molar-refractivity contribution >= 4 is 17.5 Å². The third kappa shape index (κ3) is 4.60. The number of nitrogens with zero attached hydrogens (tertiary/aromatic N) is 3. The summed E-state index contributed by atoms with van der Waals surface area (Å²) in [6, 6.07) is 15.7. The number of hydrogen-bond acceptors (Lipinski definition) is 6. The highest BCUT2D eigenvalue weighted by molar-refractivity contribution is 5.99. The Labute approximate surface area is 195 Å². The molecule has 10 heteroatoms. The number of nitrogens with one attached hydrogen (secondary N) is 3. The minimum Gasteiger partial charge on any atom is -0.493 e. The number of aromatic nitrogens is 4. The number of urea groups is 1. The SMILES string of the molecule is COc1ccc(NC(=O)Nc2cc(-c3ccccc3)nn2-c2nc(C)c(C)c(=O)[nH]2)cc1OC. The summed E-state index contributed by atoms with van der Waals surface area (Å²) in [5.41, 5.74) is 2.75. The van der Waals surface area contributed by atoms with Crippen molar-refractivity contribution in [3.63, 3.8) is 0 Å². The van der Waals surface area contributed by atoms with Gasteiger partial charge in [0, 0.05) is 34.6 Å². The second-order valence-electron chi connectivity index (χ2n) is 7.44. The molecule has 0 radical (unpaired) electrons. The molecular weight excluding hydrogens is 436 g/mol. The van der Waals surface area contributed by atoms with Crippen LogP contribution in [0, 0.1) is 13.8 Å². The molecule has 4 rings (SSSR count). The topological polar surface area (TPSA) is 123 Å². The van der Waals surface area contributed by atoms with Crippen LogP contribution in [0.3, 0.4) is 0 Å². The smallest absolute Gasteiger partial charge is 0.324 e. The lowest BCUT2D eigenvalue weighted by Crippen LogP contribution is -2.23. The number of benzene rings is 2. The van der Waals surface area contributed by atoms with Gasteiger partial charge in [-0.15, -0.1) is 0 Å². The van der Waals surface area contributed by atoms with Gasteiger partial charge in [-0.2, -0.15) is 9.78 Å². The summed E-state index contributed by atoms with van der Waals surface area (Å²) in [7, 11) is 3.05. The number of ether oxygens (including phenoxy) is 2. The second kappa shape index (κ2) is 9.49. The number of aromatic amines is 1. The minimum atomic E-state index is -0.515. The fourth-order valence-electron chi connectivity index (χ4n) is 3.30. The summed E-state index contributed by atoms with van der Waals surface area (Å²) < 4.78 is 11.9. The number of aryl methyl sites for hydroxylation is 1.